The highest BCUT2D eigenvalue weighted by molar-refractivity contribution is 7.89. The van der Waals surface area contributed by atoms with Gasteiger partial charge in [0.25, 0.3) is 0 Å². The molecule has 0 fully saturated rings. The van der Waals surface area contributed by atoms with E-state index in [0.29, 0.717) is 37.6 Å². The first-order valence-corrected chi connectivity index (χ1v) is 7.06. The van der Waals surface area contributed by atoms with Gasteiger partial charge in [0.15, 0.2) is 0 Å². The Morgan fingerprint density at radius 1 is 1.41 bits per heavy atom. The summed E-state index contributed by atoms with van der Waals surface area (Å²) in [7, 11) is -3.46. The highest BCUT2D eigenvalue weighted by Gasteiger charge is 2.21. The molecule has 0 bridgehead atoms. The average molecular weight is 261 g/mol. The lowest BCUT2D eigenvalue weighted by Gasteiger charge is -2.06. The predicted octanol–water partition coefficient (Wildman–Crippen LogP) is 0.731. The van der Waals surface area contributed by atoms with Crippen molar-refractivity contribution in [2.24, 2.45) is 0 Å². The van der Waals surface area contributed by atoms with Crippen LogP contribution < -0.4 is 4.72 Å². The SMILES string of the molecule is CCOCCCNS(=O)(=O)c1c(C)n[nH]c1C. The summed E-state index contributed by atoms with van der Waals surface area (Å²) < 4.78 is 31.6. The maximum atomic E-state index is 12.0. The molecule has 1 aromatic rings. The van der Waals surface area contributed by atoms with Gasteiger partial charge >= 0.3 is 0 Å². The average Bonchev–Trinajstić information content (AvgIpc) is 2.58. The molecule has 0 saturated heterocycles. The van der Waals surface area contributed by atoms with Crippen molar-refractivity contribution in [1.29, 1.82) is 0 Å². The second-order valence-electron chi connectivity index (χ2n) is 3.71. The maximum Gasteiger partial charge on any atom is 0.244 e. The molecular weight excluding hydrogens is 242 g/mol. The van der Waals surface area contributed by atoms with E-state index in [-0.39, 0.29) is 4.90 Å². The van der Waals surface area contributed by atoms with Gasteiger partial charge in [-0.3, -0.25) is 5.10 Å². The summed E-state index contributed by atoms with van der Waals surface area (Å²) in [6, 6.07) is 0. The van der Waals surface area contributed by atoms with Gasteiger partial charge in [0.2, 0.25) is 10.0 Å². The van der Waals surface area contributed by atoms with Gasteiger partial charge in [0, 0.05) is 19.8 Å². The Morgan fingerprint density at radius 3 is 2.65 bits per heavy atom. The molecule has 1 heterocycles. The quantitative estimate of drug-likeness (QED) is 0.709. The molecule has 98 valence electrons. The van der Waals surface area contributed by atoms with Crippen LogP contribution in [0.5, 0.6) is 0 Å². The van der Waals surface area contributed by atoms with Crippen LogP contribution >= 0.6 is 0 Å². The monoisotopic (exact) mass is 261 g/mol. The number of nitrogens with one attached hydrogen (secondary N) is 2. The van der Waals surface area contributed by atoms with Gasteiger partial charge in [0.05, 0.1) is 11.4 Å². The van der Waals surface area contributed by atoms with Crippen LogP contribution in [-0.2, 0) is 14.8 Å². The fourth-order valence-electron chi connectivity index (χ4n) is 1.53. The molecule has 0 aliphatic heterocycles. The summed E-state index contributed by atoms with van der Waals surface area (Å²) in [6.07, 6.45) is 0.656. The van der Waals surface area contributed by atoms with Crippen LogP contribution in [-0.4, -0.2) is 38.4 Å². The predicted molar refractivity (Wildman–Crippen MR) is 64.4 cm³/mol. The van der Waals surface area contributed by atoms with Gasteiger partial charge < -0.3 is 4.74 Å². The Morgan fingerprint density at radius 2 is 2.12 bits per heavy atom. The lowest BCUT2D eigenvalue weighted by Crippen LogP contribution is -2.26. The molecule has 0 unspecified atom stereocenters. The standard InChI is InChI=1S/C10H19N3O3S/c1-4-16-7-5-6-11-17(14,15)10-8(2)12-13-9(10)3/h11H,4-7H2,1-3H3,(H,12,13). The van der Waals surface area contributed by atoms with E-state index >= 15 is 0 Å². The Labute approximate surface area is 102 Å². The van der Waals surface area contributed by atoms with Gasteiger partial charge in [-0.1, -0.05) is 0 Å². The fraction of sp³-hybridized carbons (Fsp3) is 0.700. The molecule has 0 aliphatic carbocycles. The summed E-state index contributed by atoms with van der Waals surface area (Å²) in [4.78, 5) is 0.244. The number of aromatic amines is 1. The van der Waals surface area contributed by atoms with E-state index in [1.54, 1.807) is 13.8 Å². The van der Waals surface area contributed by atoms with Gasteiger partial charge in [-0.05, 0) is 27.2 Å². The summed E-state index contributed by atoms with van der Waals surface area (Å²) >= 11 is 0. The number of aromatic nitrogens is 2. The number of ether oxygens (including phenoxy) is 1. The van der Waals surface area contributed by atoms with Crippen molar-refractivity contribution >= 4 is 10.0 Å². The third-order valence-electron chi connectivity index (χ3n) is 2.29. The lowest BCUT2D eigenvalue weighted by atomic mass is 10.4. The van der Waals surface area contributed by atoms with Gasteiger partial charge in [-0.2, -0.15) is 5.10 Å². The summed E-state index contributed by atoms with van der Waals surface area (Å²) in [5, 5.41) is 6.53. The lowest BCUT2D eigenvalue weighted by molar-refractivity contribution is 0.146. The van der Waals surface area contributed by atoms with Crippen LogP contribution in [0, 0.1) is 13.8 Å². The molecule has 0 radical (unpaired) electrons. The van der Waals surface area contributed by atoms with Crippen LogP contribution in [0.4, 0.5) is 0 Å². The first-order chi connectivity index (χ1) is 7.99. The van der Waals surface area contributed by atoms with E-state index < -0.39 is 10.0 Å². The Balaban J connectivity index is 2.58. The van der Waals surface area contributed by atoms with E-state index in [1.165, 1.54) is 0 Å². The molecule has 0 amide bonds. The van der Waals surface area contributed by atoms with Crippen molar-refractivity contribution in [2.45, 2.75) is 32.1 Å². The van der Waals surface area contributed by atoms with Crippen LogP contribution in [0.1, 0.15) is 24.7 Å². The zero-order chi connectivity index (χ0) is 12.9. The zero-order valence-electron chi connectivity index (χ0n) is 10.4. The minimum atomic E-state index is -3.46. The topological polar surface area (TPSA) is 84.1 Å². The molecule has 0 spiro atoms. The van der Waals surface area contributed by atoms with E-state index in [2.05, 4.69) is 14.9 Å². The van der Waals surface area contributed by atoms with E-state index in [9.17, 15) is 8.42 Å². The molecule has 7 heteroatoms. The number of rotatable bonds is 7. The fourth-order valence-corrected chi connectivity index (χ4v) is 2.97. The molecule has 17 heavy (non-hydrogen) atoms. The van der Waals surface area contributed by atoms with Crippen molar-refractivity contribution in [1.82, 2.24) is 14.9 Å². The van der Waals surface area contributed by atoms with E-state index in [4.69, 9.17) is 4.74 Å². The van der Waals surface area contributed by atoms with Crippen LogP contribution in [0.25, 0.3) is 0 Å². The maximum absolute atomic E-state index is 12.0. The molecule has 0 atom stereocenters. The minimum absolute atomic E-state index is 0.244. The summed E-state index contributed by atoms with van der Waals surface area (Å²) in [5.41, 5.74) is 1.04. The Kier molecular flexibility index (Phi) is 5.10. The molecule has 0 aromatic carbocycles. The van der Waals surface area contributed by atoms with Crippen molar-refractivity contribution in [3.63, 3.8) is 0 Å². The van der Waals surface area contributed by atoms with Crippen molar-refractivity contribution in [3.05, 3.63) is 11.4 Å². The second-order valence-corrected chi connectivity index (χ2v) is 5.42. The van der Waals surface area contributed by atoms with Gasteiger partial charge in [-0.15, -0.1) is 0 Å². The number of nitrogens with zero attached hydrogens (tertiary/aromatic N) is 1. The van der Waals surface area contributed by atoms with Crippen LogP contribution in [0.15, 0.2) is 4.90 Å². The number of hydrogen-bond donors (Lipinski definition) is 2. The first kappa shape index (κ1) is 14.1. The molecule has 6 nitrogen and oxygen atoms in total. The van der Waals surface area contributed by atoms with Crippen molar-refractivity contribution < 1.29 is 13.2 Å². The molecule has 2 N–H and O–H groups in total. The van der Waals surface area contributed by atoms with Gasteiger partial charge in [-0.25, -0.2) is 13.1 Å². The van der Waals surface area contributed by atoms with E-state index in [0.717, 1.165) is 0 Å². The third kappa shape index (κ3) is 3.79. The molecule has 0 aliphatic rings. The summed E-state index contributed by atoms with van der Waals surface area (Å²) in [5.74, 6) is 0. The smallest absolute Gasteiger partial charge is 0.244 e. The molecular formula is C10H19N3O3S. The van der Waals surface area contributed by atoms with Crippen LogP contribution in [0.3, 0.4) is 0 Å². The number of aryl methyl sites for hydroxylation is 2. The van der Waals surface area contributed by atoms with E-state index in [1.807, 2.05) is 6.92 Å². The molecule has 1 aromatic heterocycles. The molecule has 0 saturated carbocycles. The number of sulfonamides is 1. The third-order valence-corrected chi connectivity index (χ3v) is 4.01. The van der Waals surface area contributed by atoms with Gasteiger partial charge in [0.1, 0.15) is 4.90 Å². The Hall–Kier alpha value is -0.920. The zero-order valence-corrected chi connectivity index (χ0v) is 11.2. The minimum Gasteiger partial charge on any atom is -0.382 e. The second kappa shape index (κ2) is 6.13. The van der Waals surface area contributed by atoms with Crippen molar-refractivity contribution in [3.8, 4) is 0 Å². The summed E-state index contributed by atoms with van der Waals surface area (Å²) in [6.45, 7) is 6.83. The highest BCUT2D eigenvalue weighted by atomic mass is 32.2. The largest absolute Gasteiger partial charge is 0.382 e. The first-order valence-electron chi connectivity index (χ1n) is 5.58. The van der Waals surface area contributed by atoms with Crippen LogP contribution in [0.2, 0.25) is 0 Å². The Bertz CT molecular complexity index is 434. The number of H-pyrrole nitrogens is 1. The highest BCUT2D eigenvalue weighted by Crippen LogP contribution is 2.15. The van der Waals surface area contributed by atoms with Crippen molar-refractivity contribution in [2.75, 3.05) is 19.8 Å². The normalized spacial score (nSPS) is 11.9. The number of hydrogen-bond acceptors (Lipinski definition) is 4. The molecule has 1 rings (SSSR count).